The summed E-state index contributed by atoms with van der Waals surface area (Å²) in [4.78, 5) is 31.4. The van der Waals surface area contributed by atoms with Gasteiger partial charge in [0.25, 0.3) is 0 Å². The van der Waals surface area contributed by atoms with E-state index >= 15 is 0 Å². The molecule has 2 aromatic heterocycles. The summed E-state index contributed by atoms with van der Waals surface area (Å²) in [6, 6.07) is 6.23. The number of nitrogens with two attached hydrogens (primary N) is 1. The summed E-state index contributed by atoms with van der Waals surface area (Å²) in [5.74, 6) is -1.16. The average molecular weight is 484 g/mol. The smallest absolute Gasteiger partial charge is 0.243 e. The maximum atomic E-state index is 14.8. The number of hydrogen-bond donors (Lipinski definition) is 3. The first-order valence-electron chi connectivity index (χ1n) is 11.3. The number of halogens is 2. The van der Waals surface area contributed by atoms with E-state index in [1.165, 1.54) is 23.4 Å². The number of H-pyrrole nitrogens is 1. The standard InChI is InChI=1S/C24H27F2N7O2/c1-13(2)18-4-3-14(7-19(18)26)23(15-5-6-28-21(27)8-15)30-24(35)20-9-16(25)12-33(20)22(34)10-17-11-29-32-31-17/h3-8,11,13,16,20,23H,9-10,12H2,1-2H3,(H2,27,28)(H,30,35)(H,29,31,32)/t16-,20+,23?/m1/s1. The number of nitrogen functional groups attached to an aromatic ring is 1. The van der Waals surface area contributed by atoms with Crippen molar-refractivity contribution in [1.29, 1.82) is 0 Å². The van der Waals surface area contributed by atoms with Gasteiger partial charge in [0.1, 0.15) is 23.8 Å². The molecule has 2 amide bonds. The number of carbonyl (C=O) groups excluding carboxylic acids is 2. The third kappa shape index (κ3) is 5.44. The van der Waals surface area contributed by atoms with Gasteiger partial charge in [-0.1, -0.05) is 26.0 Å². The number of nitrogens with one attached hydrogen (secondary N) is 2. The monoisotopic (exact) mass is 483 g/mol. The van der Waals surface area contributed by atoms with Crippen LogP contribution in [0.25, 0.3) is 0 Å². The first-order chi connectivity index (χ1) is 16.7. The van der Waals surface area contributed by atoms with Gasteiger partial charge in [0.15, 0.2) is 0 Å². The van der Waals surface area contributed by atoms with Crippen LogP contribution in [-0.2, 0) is 16.0 Å². The van der Waals surface area contributed by atoms with E-state index in [-0.39, 0.29) is 31.1 Å². The number of rotatable bonds is 7. The molecule has 4 rings (SSSR count). The van der Waals surface area contributed by atoms with Crippen molar-refractivity contribution in [2.75, 3.05) is 12.3 Å². The summed E-state index contributed by atoms with van der Waals surface area (Å²) >= 11 is 0. The zero-order valence-corrected chi connectivity index (χ0v) is 19.4. The number of carbonyl (C=O) groups is 2. The molecule has 0 aliphatic carbocycles. The number of aromatic amines is 1. The highest BCUT2D eigenvalue weighted by Crippen LogP contribution is 2.29. The van der Waals surface area contributed by atoms with Gasteiger partial charge in [-0.25, -0.2) is 13.8 Å². The van der Waals surface area contributed by atoms with Crippen molar-refractivity contribution in [3.63, 3.8) is 0 Å². The highest BCUT2D eigenvalue weighted by Gasteiger charge is 2.40. The number of likely N-dealkylation sites (tertiary alicyclic amines) is 1. The van der Waals surface area contributed by atoms with Gasteiger partial charge in [0.2, 0.25) is 11.8 Å². The van der Waals surface area contributed by atoms with Gasteiger partial charge in [-0.15, -0.1) is 0 Å². The topological polar surface area (TPSA) is 130 Å². The van der Waals surface area contributed by atoms with Crippen molar-refractivity contribution < 1.29 is 18.4 Å². The molecular weight excluding hydrogens is 456 g/mol. The quantitative estimate of drug-likeness (QED) is 0.473. The van der Waals surface area contributed by atoms with Crippen LogP contribution in [0, 0.1) is 5.82 Å². The second kappa shape index (κ2) is 10.2. The number of aromatic nitrogens is 4. The Labute approximate surface area is 201 Å². The molecule has 0 bridgehead atoms. The second-order valence-corrected chi connectivity index (χ2v) is 8.92. The highest BCUT2D eigenvalue weighted by molar-refractivity contribution is 5.89. The van der Waals surface area contributed by atoms with Crippen molar-refractivity contribution >= 4 is 17.6 Å². The highest BCUT2D eigenvalue weighted by atomic mass is 19.1. The van der Waals surface area contributed by atoms with Crippen molar-refractivity contribution in [3.8, 4) is 0 Å². The van der Waals surface area contributed by atoms with Crippen LogP contribution >= 0.6 is 0 Å². The summed E-state index contributed by atoms with van der Waals surface area (Å²) in [6.07, 6.45) is 1.30. The lowest BCUT2D eigenvalue weighted by molar-refractivity contribution is -0.138. The van der Waals surface area contributed by atoms with E-state index in [1.807, 2.05) is 13.8 Å². The lowest BCUT2D eigenvalue weighted by atomic mass is 9.94. The Morgan fingerprint density at radius 3 is 2.69 bits per heavy atom. The summed E-state index contributed by atoms with van der Waals surface area (Å²) < 4.78 is 29.2. The van der Waals surface area contributed by atoms with Crippen LogP contribution in [0.5, 0.6) is 0 Å². The molecule has 9 nitrogen and oxygen atoms in total. The molecule has 0 spiro atoms. The molecule has 1 saturated heterocycles. The molecule has 1 unspecified atom stereocenters. The van der Waals surface area contributed by atoms with Crippen LogP contribution in [0.2, 0.25) is 0 Å². The van der Waals surface area contributed by atoms with E-state index in [0.29, 0.717) is 22.4 Å². The Kier molecular flexibility index (Phi) is 7.04. The van der Waals surface area contributed by atoms with Gasteiger partial charge >= 0.3 is 0 Å². The van der Waals surface area contributed by atoms with Crippen LogP contribution in [0.4, 0.5) is 14.6 Å². The maximum Gasteiger partial charge on any atom is 0.243 e. The van der Waals surface area contributed by atoms with Gasteiger partial charge in [-0.05, 0) is 40.8 Å². The van der Waals surface area contributed by atoms with Crippen LogP contribution < -0.4 is 11.1 Å². The lowest BCUT2D eigenvalue weighted by Gasteiger charge is -2.27. The van der Waals surface area contributed by atoms with Crippen molar-refractivity contribution in [1.82, 2.24) is 30.6 Å². The van der Waals surface area contributed by atoms with Crippen LogP contribution in [0.15, 0.2) is 42.7 Å². The van der Waals surface area contributed by atoms with E-state index in [0.717, 1.165) is 0 Å². The number of benzene rings is 1. The molecule has 35 heavy (non-hydrogen) atoms. The summed E-state index contributed by atoms with van der Waals surface area (Å²) in [7, 11) is 0. The Bertz CT molecular complexity index is 1200. The molecule has 3 heterocycles. The van der Waals surface area contributed by atoms with Crippen LogP contribution in [-0.4, -0.2) is 55.9 Å². The molecule has 0 radical (unpaired) electrons. The molecule has 3 aromatic rings. The number of amides is 2. The van der Waals surface area contributed by atoms with Gasteiger partial charge in [0.05, 0.1) is 30.9 Å². The minimum atomic E-state index is -1.34. The SMILES string of the molecule is CC(C)c1ccc(C(NC(=O)[C@@H]2C[C@@H](F)CN2C(=O)Cc2cn[nH]n2)c2ccnc(N)c2)cc1F. The van der Waals surface area contributed by atoms with E-state index in [2.05, 4.69) is 25.7 Å². The van der Waals surface area contributed by atoms with Gasteiger partial charge in [-0.3, -0.25) is 9.59 Å². The minimum absolute atomic E-state index is 0.0158. The van der Waals surface area contributed by atoms with E-state index in [4.69, 9.17) is 5.73 Å². The van der Waals surface area contributed by atoms with E-state index < -0.39 is 35.9 Å². The molecule has 1 fully saturated rings. The Morgan fingerprint density at radius 2 is 2.03 bits per heavy atom. The molecule has 1 aliphatic rings. The molecule has 1 aliphatic heterocycles. The third-order valence-corrected chi connectivity index (χ3v) is 6.08. The molecule has 1 aromatic carbocycles. The van der Waals surface area contributed by atoms with E-state index in [9.17, 15) is 18.4 Å². The molecule has 0 saturated carbocycles. The fourth-order valence-electron chi connectivity index (χ4n) is 4.31. The molecule has 184 valence electrons. The zero-order valence-electron chi connectivity index (χ0n) is 19.4. The first-order valence-corrected chi connectivity index (χ1v) is 11.3. The van der Waals surface area contributed by atoms with Crippen molar-refractivity contribution in [2.24, 2.45) is 0 Å². The van der Waals surface area contributed by atoms with Gasteiger partial charge < -0.3 is 16.0 Å². The number of anilines is 1. The number of hydrogen-bond acceptors (Lipinski definition) is 6. The Balaban J connectivity index is 1.61. The molecular formula is C24H27F2N7O2. The van der Waals surface area contributed by atoms with Gasteiger partial charge in [0, 0.05) is 12.6 Å². The minimum Gasteiger partial charge on any atom is -0.384 e. The third-order valence-electron chi connectivity index (χ3n) is 6.08. The second-order valence-electron chi connectivity index (χ2n) is 8.92. The fraction of sp³-hybridized carbons (Fsp3) is 0.375. The number of alkyl halides is 1. The fourth-order valence-corrected chi connectivity index (χ4v) is 4.31. The predicted molar refractivity (Wildman–Crippen MR) is 124 cm³/mol. The number of pyridine rings is 1. The largest absolute Gasteiger partial charge is 0.384 e. The molecule has 3 atom stereocenters. The van der Waals surface area contributed by atoms with E-state index in [1.54, 1.807) is 24.3 Å². The molecule has 4 N–H and O–H groups in total. The zero-order chi connectivity index (χ0) is 25.1. The van der Waals surface area contributed by atoms with Crippen molar-refractivity contribution in [3.05, 3.63) is 70.9 Å². The summed E-state index contributed by atoms with van der Waals surface area (Å²) in [5.41, 5.74) is 7.86. The first kappa shape index (κ1) is 24.2. The summed E-state index contributed by atoms with van der Waals surface area (Å²) in [5, 5.41) is 12.8. The summed E-state index contributed by atoms with van der Waals surface area (Å²) in [6.45, 7) is 3.58. The average Bonchev–Trinajstić information content (AvgIpc) is 3.46. The van der Waals surface area contributed by atoms with Crippen LogP contribution in [0.3, 0.4) is 0 Å². The molecule has 11 heteroatoms. The maximum absolute atomic E-state index is 14.8. The number of nitrogens with zero attached hydrogens (tertiary/aromatic N) is 4. The van der Waals surface area contributed by atoms with Crippen LogP contribution in [0.1, 0.15) is 54.6 Å². The lowest BCUT2D eigenvalue weighted by Crippen LogP contribution is -2.47. The normalized spacial score (nSPS) is 18.6. The Morgan fingerprint density at radius 1 is 1.26 bits per heavy atom. The predicted octanol–water partition coefficient (Wildman–Crippen LogP) is 2.43. The van der Waals surface area contributed by atoms with Gasteiger partial charge in [-0.2, -0.15) is 15.4 Å². The Hall–Kier alpha value is -3.89. The van der Waals surface area contributed by atoms with Crippen molar-refractivity contribution in [2.45, 2.75) is 50.9 Å².